The lowest BCUT2D eigenvalue weighted by atomic mass is 9.92. The van der Waals surface area contributed by atoms with Gasteiger partial charge in [-0.1, -0.05) is 12.8 Å². The van der Waals surface area contributed by atoms with E-state index in [1.165, 1.54) is 15.5 Å². The van der Waals surface area contributed by atoms with Crippen molar-refractivity contribution < 1.29 is 9.90 Å². The van der Waals surface area contributed by atoms with Gasteiger partial charge < -0.3 is 15.7 Å². The van der Waals surface area contributed by atoms with Crippen LogP contribution in [0.15, 0.2) is 10.3 Å². The van der Waals surface area contributed by atoms with Crippen LogP contribution in [0.2, 0.25) is 0 Å². The molecule has 1 aliphatic carbocycles. The molecular weight excluding hydrogens is 292 g/mol. The maximum atomic E-state index is 11.4. The minimum Gasteiger partial charge on any atom is -0.392 e. The molecule has 0 bridgehead atoms. The predicted octanol–water partition coefficient (Wildman–Crippen LogP) is 2.75. The van der Waals surface area contributed by atoms with Crippen LogP contribution in [0.4, 0.5) is 5.69 Å². The first kappa shape index (κ1) is 14.4. The molecule has 0 aromatic carbocycles. The predicted molar refractivity (Wildman–Crippen MR) is 83.5 cm³/mol. The number of hydrogen-bond acceptors (Lipinski definition) is 5. The van der Waals surface area contributed by atoms with Crippen LogP contribution in [0, 0.1) is 0 Å². The monoisotopic (exact) mass is 312 g/mol. The van der Waals surface area contributed by atoms with Crippen molar-refractivity contribution in [3.05, 3.63) is 10.9 Å². The highest BCUT2D eigenvalue weighted by Crippen LogP contribution is 2.41. The van der Waals surface area contributed by atoms with Crippen molar-refractivity contribution in [2.45, 2.75) is 55.0 Å². The van der Waals surface area contributed by atoms with Crippen molar-refractivity contribution in [3.8, 4) is 0 Å². The summed E-state index contributed by atoms with van der Waals surface area (Å²) >= 11 is 3.35. The molecule has 6 heteroatoms. The van der Waals surface area contributed by atoms with Crippen molar-refractivity contribution in [3.63, 3.8) is 0 Å². The molecular formula is C14H20N2O2S2. The maximum absolute atomic E-state index is 11.4. The number of thioether (sulfide) groups is 1. The SMILES string of the molecule is CC(NC1CCCCC1O)c1cc2c(s1)SCC(=O)N2. The number of amides is 1. The van der Waals surface area contributed by atoms with Gasteiger partial charge in [-0.3, -0.25) is 4.79 Å². The van der Waals surface area contributed by atoms with Gasteiger partial charge in [0, 0.05) is 17.0 Å². The van der Waals surface area contributed by atoms with E-state index in [1.54, 1.807) is 23.1 Å². The lowest BCUT2D eigenvalue weighted by Gasteiger charge is -2.30. The molecule has 1 aromatic heterocycles. The Kier molecular flexibility index (Phi) is 4.35. The number of hydrogen-bond donors (Lipinski definition) is 3. The Labute approximate surface area is 127 Å². The minimum atomic E-state index is -0.227. The van der Waals surface area contributed by atoms with Gasteiger partial charge in [0.05, 0.1) is 21.8 Å². The molecule has 1 saturated carbocycles. The number of rotatable bonds is 3. The van der Waals surface area contributed by atoms with Crippen molar-refractivity contribution in [1.29, 1.82) is 0 Å². The number of aliphatic hydroxyl groups excluding tert-OH is 1. The van der Waals surface area contributed by atoms with E-state index < -0.39 is 0 Å². The zero-order valence-electron chi connectivity index (χ0n) is 11.5. The van der Waals surface area contributed by atoms with E-state index in [9.17, 15) is 9.90 Å². The number of carbonyl (C=O) groups is 1. The summed E-state index contributed by atoms with van der Waals surface area (Å²) in [4.78, 5) is 12.6. The molecule has 0 radical (unpaired) electrons. The maximum Gasteiger partial charge on any atom is 0.234 e. The first-order valence-electron chi connectivity index (χ1n) is 7.14. The smallest absolute Gasteiger partial charge is 0.234 e. The van der Waals surface area contributed by atoms with Gasteiger partial charge in [0.25, 0.3) is 0 Å². The third kappa shape index (κ3) is 3.03. The van der Waals surface area contributed by atoms with E-state index in [4.69, 9.17) is 0 Å². The van der Waals surface area contributed by atoms with Gasteiger partial charge in [0.2, 0.25) is 5.91 Å². The summed E-state index contributed by atoms with van der Waals surface area (Å²) in [5.41, 5.74) is 0.948. The summed E-state index contributed by atoms with van der Waals surface area (Å²) in [5, 5.41) is 16.5. The first-order chi connectivity index (χ1) is 9.63. The average molecular weight is 312 g/mol. The average Bonchev–Trinajstić information content (AvgIpc) is 2.84. The summed E-state index contributed by atoms with van der Waals surface area (Å²) < 4.78 is 1.19. The van der Waals surface area contributed by atoms with E-state index in [1.807, 2.05) is 0 Å². The Morgan fingerprint density at radius 1 is 1.45 bits per heavy atom. The first-order valence-corrected chi connectivity index (χ1v) is 8.94. The zero-order chi connectivity index (χ0) is 14.1. The summed E-state index contributed by atoms with van der Waals surface area (Å²) in [6, 6.07) is 2.47. The van der Waals surface area contributed by atoms with Crippen molar-refractivity contribution in [2.24, 2.45) is 0 Å². The van der Waals surface area contributed by atoms with Crippen LogP contribution in [-0.2, 0) is 4.79 Å². The second-order valence-corrected chi connectivity index (χ2v) is 7.86. The van der Waals surface area contributed by atoms with Gasteiger partial charge in [-0.25, -0.2) is 0 Å². The summed E-state index contributed by atoms with van der Waals surface area (Å²) in [5.74, 6) is 0.589. The van der Waals surface area contributed by atoms with Crippen LogP contribution < -0.4 is 10.6 Å². The molecule has 1 fully saturated rings. The standard InChI is InChI=1S/C14H20N2O2S2/c1-8(15-9-4-2-3-5-11(9)17)12-6-10-14(20-12)19-7-13(18)16-10/h6,8-9,11,15,17H,2-5,7H2,1H3,(H,16,18). The second kappa shape index (κ2) is 6.05. The van der Waals surface area contributed by atoms with Crippen LogP contribution in [0.5, 0.6) is 0 Å². The van der Waals surface area contributed by atoms with Crippen LogP contribution in [0.1, 0.15) is 43.5 Å². The lowest BCUT2D eigenvalue weighted by Crippen LogP contribution is -2.42. The Morgan fingerprint density at radius 2 is 2.25 bits per heavy atom. The molecule has 0 saturated heterocycles. The summed E-state index contributed by atoms with van der Waals surface area (Å²) in [6.07, 6.45) is 4.03. The number of fused-ring (bicyclic) bond motifs is 1. The fraction of sp³-hybridized carbons (Fsp3) is 0.643. The number of aliphatic hydroxyl groups is 1. The van der Waals surface area contributed by atoms with E-state index in [-0.39, 0.29) is 24.1 Å². The van der Waals surface area contributed by atoms with Crippen molar-refractivity contribution in [1.82, 2.24) is 5.32 Å². The van der Waals surface area contributed by atoms with Crippen molar-refractivity contribution >= 4 is 34.7 Å². The molecule has 3 N–H and O–H groups in total. The normalized spacial score (nSPS) is 27.8. The van der Waals surface area contributed by atoms with Gasteiger partial charge in [-0.15, -0.1) is 23.1 Å². The molecule has 3 unspecified atom stereocenters. The van der Waals surface area contributed by atoms with E-state index in [0.717, 1.165) is 24.9 Å². The summed E-state index contributed by atoms with van der Waals surface area (Å²) in [7, 11) is 0. The van der Waals surface area contributed by atoms with Gasteiger partial charge in [0.15, 0.2) is 0 Å². The minimum absolute atomic E-state index is 0.0789. The molecule has 20 heavy (non-hydrogen) atoms. The Hall–Kier alpha value is -0.560. The third-order valence-electron chi connectivity index (χ3n) is 3.95. The molecule has 0 spiro atoms. The van der Waals surface area contributed by atoms with Gasteiger partial charge in [-0.05, 0) is 25.8 Å². The molecule has 2 heterocycles. The fourth-order valence-electron chi connectivity index (χ4n) is 2.83. The van der Waals surface area contributed by atoms with Gasteiger partial charge in [0.1, 0.15) is 0 Å². The number of carbonyl (C=O) groups excluding carboxylic acids is 1. The highest BCUT2D eigenvalue weighted by molar-refractivity contribution is 8.02. The fourth-order valence-corrected chi connectivity index (χ4v) is 4.98. The highest BCUT2D eigenvalue weighted by Gasteiger charge is 2.26. The largest absolute Gasteiger partial charge is 0.392 e. The van der Waals surface area contributed by atoms with E-state index >= 15 is 0 Å². The third-order valence-corrected chi connectivity index (χ3v) is 6.55. The Morgan fingerprint density at radius 3 is 3.05 bits per heavy atom. The summed E-state index contributed by atoms with van der Waals surface area (Å²) in [6.45, 7) is 2.13. The molecule has 2 aliphatic rings. The van der Waals surface area contributed by atoms with Crippen molar-refractivity contribution in [2.75, 3.05) is 11.1 Å². The Balaban J connectivity index is 1.68. The molecule has 3 atom stereocenters. The number of thiophene rings is 1. The molecule has 1 aromatic rings. The molecule has 1 amide bonds. The van der Waals surface area contributed by atoms with Gasteiger partial charge in [-0.2, -0.15) is 0 Å². The number of anilines is 1. The topological polar surface area (TPSA) is 61.4 Å². The highest BCUT2D eigenvalue weighted by atomic mass is 32.2. The Bertz CT molecular complexity index is 503. The molecule has 1 aliphatic heterocycles. The van der Waals surface area contributed by atoms with Crippen LogP contribution in [-0.4, -0.2) is 28.9 Å². The van der Waals surface area contributed by atoms with E-state index in [2.05, 4.69) is 23.6 Å². The number of nitrogens with one attached hydrogen (secondary N) is 2. The van der Waals surface area contributed by atoms with Crippen LogP contribution in [0.3, 0.4) is 0 Å². The van der Waals surface area contributed by atoms with Gasteiger partial charge >= 0.3 is 0 Å². The second-order valence-electron chi connectivity index (χ2n) is 5.53. The van der Waals surface area contributed by atoms with Crippen LogP contribution >= 0.6 is 23.1 Å². The molecule has 4 nitrogen and oxygen atoms in total. The van der Waals surface area contributed by atoms with E-state index in [0.29, 0.717) is 5.75 Å². The van der Waals surface area contributed by atoms with Crippen LogP contribution in [0.25, 0.3) is 0 Å². The zero-order valence-corrected chi connectivity index (χ0v) is 13.1. The lowest BCUT2D eigenvalue weighted by molar-refractivity contribution is -0.113. The molecule has 3 rings (SSSR count). The quantitative estimate of drug-likeness (QED) is 0.803. The molecule has 110 valence electrons.